The standard InChI is InChI=1S/C28H28N.BrH/c1-22-9-15-26(16-10-22)29(21-25-7-5-4-6-8-25,27-17-11-23(2)12-18-27)28-19-13-24(3)14-20-28;/h4-20H,21H2,1-3H3;1H/q+1;/p-1. The largest absolute Gasteiger partial charge is 1.00 e. The fourth-order valence-corrected chi connectivity index (χ4v) is 3.98. The second-order valence-corrected chi connectivity index (χ2v) is 7.96. The van der Waals surface area contributed by atoms with Gasteiger partial charge in [0.25, 0.3) is 0 Å². The minimum absolute atomic E-state index is 0. The van der Waals surface area contributed by atoms with Crippen LogP contribution in [0.5, 0.6) is 0 Å². The first-order valence-corrected chi connectivity index (χ1v) is 10.2. The number of benzene rings is 4. The van der Waals surface area contributed by atoms with E-state index in [4.69, 9.17) is 0 Å². The molecule has 0 radical (unpaired) electrons. The zero-order valence-electron chi connectivity index (χ0n) is 17.8. The highest BCUT2D eigenvalue weighted by Gasteiger charge is 2.36. The Morgan fingerprint density at radius 3 is 1.13 bits per heavy atom. The van der Waals surface area contributed by atoms with Crippen molar-refractivity contribution in [3.8, 4) is 0 Å². The Morgan fingerprint density at radius 1 is 0.467 bits per heavy atom. The van der Waals surface area contributed by atoms with Gasteiger partial charge in [-0.2, -0.15) is 0 Å². The number of hydrogen-bond acceptors (Lipinski definition) is 0. The fourth-order valence-electron chi connectivity index (χ4n) is 3.98. The van der Waals surface area contributed by atoms with Gasteiger partial charge in [-0.1, -0.05) is 83.4 Å². The van der Waals surface area contributed by atoms with Gasteiger partial charge in [0.2, 0.25) is 0 Å². The van der Waals surface area contributed by atoms with Crippen LogP contribution < -0.4 is 21.5 Å². The van der Waals surface area contributed by atoms with Crippen molar-refractivity contribution in [2.45, 2.75) is 27.3 Å². The third-order valence-corrected chi connectivity index (χ3v) is 5.69. The number of halogens is 1. The molecule has 4 aromatic rings. The van der Waals surface area contributed by atoms with Crippen molar-refractivity contribution in [3.63, 3.8) is 0 Å². The number of rotatable bonds is 5. The molecule has 0 aliphatic rings. The lowest BCUT2D eigenvalue weighted by molar-refractivity contribution is -0.00000593. The van der Waals surface area contributed by atoms with Gasteiger partial charge in [0.05, 0.1) is 0 Å². The molecule has 0 aliphatic heterocycles. The van der Waals surface area contributed by atoms with Gasteiger partial charge in [-0.15, -0.1) is 0 Å². The molecule has 0 amide bonds. The van der Waals surface area contributed by atoms with Crippen LogP contribution in [0.25, 0.3) is 0 Å². The lowest BCUT2D eigenvalue weighted by Gasteiger charge is -2.38. The van der Waals surface area contributed by atoms with Crippen LogP contribution >= 0.6 is 0 Å². The number of quaternary nitrogens is 1. The molecule has 0 heterocycles. The molecule has 0 spiro atoms. The Balaban J connectivity index is 0.00000256. The Morgan fingerprint density at radius 2 is 0.800 bits per heavy atom. The average molecular weight is 458 g/mol. The van der Waals surface area contributed by atoms with E-state index in [2.05, 4.69) is 124 Å². The quantitative estimate of drug-likeness (QED) is 0.378. The van der Waals surface area contributed by atoms with Gasteiger partial charge >= 0.3 is 0 Å². The van der Waals surface area contributed by atoms with E-state index in [0.29, 0.717) is 4.48 Å². The lowest BCUT2D eigenvalue weighted by atomic mass is 10.0. The minimum Gasteiger partial charge on any atom is -1.00 e. The zero-order chi connectivity index (χ0) is 20.3. The second kappa shape index (κ2) is 9.42. The molecule has 0 bridgehead atoms. The summed E-state index contributed by atoms with van der Waals surface area (Å²) in [5.74, 6) is 0. The van der Waals surface area contributed by atoms with E-state index < -0.39 is 0 Å². The van der Waals surface area contributed by atoms with Crippen LogP contribution in [0.4, 0.5) is 17.1 Å². The van der Waals surface area contributed by atoms with Crippen molar-refractivity contribution in [2.24, 2.45) is 0 Å². The lowest BCUT2D eigenvalue weighted by Crippen LogP contribution is -3.00. The normalized spacial score (nSPS) is 11.0. The molecule has 0 atom stereocenters. The topological polar surface area (TPSA) is 0 Å². The van der Waals surface area contributed by atoms with E-state index in [9.17, 15) is 0 Å². The smallest absolute Gasteiger partial charge is 0.143 e. The second-order valence-electron chi connectivity index (χ2n) is 7.96. The molecule has 0 saturated heterocycles. The van der Waals surface area contributed by atoms with E-state index in [1.54, 1.807) is 0 Å². The van der Waals surface area contributed by atoms with Crippen molar-refractivity contribution in [1.82, 2.24) is 4.48 Å². The molecule has 0 aliphatic carbocycles. The average Bonchev–Trinajstić information content (AvgIpc) is 2.75. The molecular formula is C28H28BrN. The molecule has 4 rings (SSSR count). The van der Waals surface area contributed by atoms with E-state index in [-0.39, 0.29) is 17.0 Å². The molecule has 2 heteroatoms. The monoisotopic (exact) mass is 457 g/mol. The molecule has 30 heavy (non-hydrogen) atoms. The summed E-state index contributed by atoms with van der Waals surface area (Å²) in [5, 5.41) is 0. The van der Waals surface area contributed by atoms with Gasteiger partial charge in [0, 0.05) is 42.0 Å². The van der Waals surface area contributed by atoms with Crippen LogP contribution in [0.1, 0.15) is 22.3 Å². The summed E-state index contributed by atoms with van der Waals surface area (Å²) < 4.78 is 0.658. The summed E-state index contributed by atoms with van der Waals surface area (Å²) in [6.07, 6.45) is 0. The van der Waals surface area contributed by atoms with E-state index in [1.807, 2.05) is 0 Å². The summed E-state index contributed by atoms with van der Waals surface area (Å²) in [4.78, 5) is 0. The first kappa shape index (κ1) is 22.0. The highest BCUT2D eigenvalue weighted by molar-refractivity contribution is 5.71. The molecule has 0 N–H and O–H groups in total. The molecule has 4 aromatic carbocycles. The highest BCUT2D eigenvalue weighted by atomic mass is 79.9. The van der Waals surface area contributed by atoms with Crippen molar-refractivity contribution in [3.05, 3.63) is 125 Å². The molecule has 0 saturated carbocycles. The SMILES string of the molecule is Cc1ccc([N+](Cc2ccccc2)(c2ccc(C)cc2)c2ccc(C)cc2)cc1.[Br-]. The molecule has 0 aromatic heterocycles. The maximum absolute atomic E-state index is 2.28. The van der Waals surface area contributed by atoms with Crippen LogP contribution in [0.2, 0.25) is 0 Å². The van der Waals surface area contributed by atoms with E-state index >= 15 is 0 Å². The fraction of sp³-hybridized carbons (Fsp3) is 0.143. The Labute approximate surface area is 191 Å². The maximum Gasteiger partial charge on any atom is 0.143 e. The summed E-state index contributed by atoms with van der Waals surface area (Å²) in [5.41, 5.74) is 8.96. The van der Waals surface area contributed by atoms with Gasteiger partial charge in [-0.25, -0.2) is 4.48 Å². The molecule has 0 unspecified atom stereocenters. The zero-order valence-corrected chi connectivity index (χ0v) is 19.4. The first-order valence-electron chi connectivity index (χ1n) is 10.2. The molecule has 1 nitrogen and oxygen atoms in total. The van der Waals surface area contributed by atoms with Crippen molar-refractivity contribution >= 4 is 17.1 Å². The molecular weight excluding hydrogens is 430 g/mol. The highest BCUT2D eigenvalue weighted by Crippen LogP contribution is 2.45. The summed E-state index contributed by atoms with van der Waals surface area (Å²) in [7, 11) is 0. The van der Waals surface area contributed by atoms with Crippen LogP contribution in [-0.4, -0.2) is 0 Å². The number of aryl methyl sites for hydroxylation is 3. The minimum atomic E-state index is 0. The van der Waals surface area contributed by atoms with Crippen LogP contribution in [0, 0.1) is 20.8 Å². The number of hydrogen-bond donors (Lipinski definition) is 0. The third kappa shape index (κ3) is 4.40. The summed E-state index contributed by atoms with van der Waals surface area (Å²) in [6, 6.07) is 37.8. The van der Waals surface area contributed by atoms with E-state index in [1.165, 1.54) is 39.3 Å². The van der Waals surface area contributed by atoms with Gasteiger partial charge in [0.1, 0.15) is 23.6 Å². The molecule has 0 fully saturated rings. The first-order chi connectivity index (χ1) is 14.1. The van der Waals surface area contributed by atoms with Crippen molar-refractivity contribution in [2.75, 3.05) is 0 Å². The van der Waals surface area contributed by atoms with Crippen molar-refractivity contribution < 1.29 is 17.0 Å². The molecule has 152 valence electrons. The maximum atomic E-state index is 2.28. The summed E-state index contributed by atoms with van der Waals surface area (Å²) in [6.45, 7) is 7.30. The Bertz CT molecular complexity index is 955. The number of nitrogens with zero attached hydrogens (tertiary/aromatic N) is 1. The Hall–Kier alpha value is -2.68. The predicted octanol–water partition coefficient (Wildman–Crippen LogP) is 4.79. The van der Waals surface area contributed by atoms with Gasteiger partial charge in [-0.3, -0.25) is 0 Å². The van der Waals surface area contributed by atoms with Crippen LogP contribution in [0.3, 0.4) is 0 Å². The third-order valence-electron chi connectivity index (χ3n) is 5.69. The predicted molar refractivity (Wildman–Crippen MR) is 125 cm³/mol. The van der Waals surface area contributed by atoms with Gasteiger partial charge < -0.3 is 17.0 Å². The van der Waals surface area contributed by atoms with Crippen LogP contribution in [0.15, 0.2) is 103 Å². The summed E-state index contributed by atoms with van der Waals surface area (Å²) >= 11 is 0. The van der Waals surface area contributed by atoms with Gasteiger partial charge in [-0.05, 0) is 20.8 Å². The van der Waals surface area contributed by atoms with Crippen LogP contribution in [-0.2, 0) is 6.54 Å². The Kier molecular flexibility index (Phi) is 6.91. The van der Waals surface area contributed by atoms with Crippen molar-refractivity contribution in [1.29, 1.82) is 0 Å². The van der Waals surface area contributed by atoms with Gasteiger partial charge in [0.15, 0.2) is 0 Å². The van der Waals surface area contributed by atoms with E-state index in [0.717, 1.165) is 6.54 Å².